The number of para-hydroxylation sites is 2. The summed E-state index contributed by atoms with van der Waals surface area (Å²) in [4.78, 5) is 9.13. The molecule has 0 radical (unpaired) electrons. The first-order valence-electron chi connectivity index (χ1n) is 7.79. The standard InChI is InChI=1S/C17H23N3/c1-2-13-7-9-14(10-8-13)18-11-15-12-19-16-5-3-4-6-17(16)20-15/h3-6,12-14,18H,2,7-11H2,1H3. The lowest BCUT2D eigenvalue weighted by molar-refractivity contribution is 0.284. The first-order chi connectivity index (χ1) is 9.85. The van der Waals surface area contributed by atoms with Gasteiger partial charge in [0, 0.05) is 12.6 Å². The maximum Gasteiger partial charge on any atom is 0.0890 e. The molecule has 1 aliphatic rings. The zero-order chi connectivity index (χ0) is 13.8. The van der Waals surface area contributed by atoms with Gasteiger partial charge in [0.2, 0.25) is 0 Å². The fraction of sp³-hybridized carbons (Fsp3) is 0.529. The van der Waals surface area contributed by atoms with Crippen LogP contribution in [0.3, 0.4) is 0 Å². The van der Waals surface area contributed by atoms with Gasteiger partial charge in [-0.05, 0) is 43.7 Å². The third-order valence-electron chi connectivity index (χ3n) is 4.49. The Balaban J connectivity index is 1.57. The quantitative estimate of drug-likeness (QED) is 0.920. The molecular formula is C17H23N3. The van der Waals surface area contributed by atoms with E-state index >= 15 is 0 Å². The van der Waals surface area contributed by atoms with Crippen LogP contribution in [0.5, 0.6) is 0 Å². The molecule has 20 heavy (non-hydrogen) atoms. The number of hydrogen-bond donors (Lipinski definition) is 1. The van der Waals surface area contributed by atoms with Gasteiger partial charge in [0.1, 0.15) is 0 Å². The van der Waals surface area contributed by atoms with Crippen molar-refractivity contribution in [2.75, 3.05) is 0 Å². The lowest BCUT2D eigenvalue weighted by atomic mass is 9.84. The lowest BCUT2D eigenvalue weighted by Crippen LogP contribution is -2.32. The zero-order valence-electron chi connectivity index (χ0n) is 12.2. The molecule has 1 aliphatic carbocycles. The molecule has 1 saturated carbocycles. The van der Waals surface area contributed by atoms with Crippen molar-refractivity contribution in [3.05, 3.63) is 36.2 Å². The van der Waals surface area contributed by atoms with Gasteiger partial charge in [-0.25, -0.2) is 4.98 Å². The van der Waals surface area contributed by atoms with Crippen molar-refractivity contribution >= 4 is 11.0 Å². The average Bonchev–Trinajstić information content (AvgIpc) is 2.53. The Morgan fingerprint density at radius 1 is 1.10 bits per heavy atom. The molecule has 0 amide bonds. The van der Waals surface area contributed by atoms with E-state index in [0.717, 1.165) is 29.2 Å². The van der Waals surface area contributed by atoms with Gasteiger partial charge in [0.15, 0.2) is 0 Å². The first-order valence-corrected chi connectivity index (χ1v) is 7.79. The van der Waals surface area contributed by atoms with Crippen LogP contribution in [0.4, 0.5) is 0 Å². The molecule has 1 fully saturated rings. The predicted molar refractivity (Wildman–Crippen MR) is 82.4 cm³/mol. The van der Waals surface area contributed by atoms with E-state index < -0.39 is 0 Å². The molecule has 3 heteroatoms. The number of fused-ring (bicyclic) bond motifs is 1. The van der Waals surface area contributed by atoms with E-state index in [2.05, 4.69) is 22.2 Å². The van der Waals surface area contributed by atoms with E-state index in [4.69, 9.17) is 0 Å². The Hall–Kier alpha value is -1.48. The number of aromatic nitrogens is 2. The number of rotatable bonds is 4. The molecule has 1 heterocycles. The summed E-state index contributed by atoms with van der Waals surface area (Å²) >= 11 is 0. The highest BCUT2D eigenvalue weighted by Crippen LogP contribution is 2.26. The molecule has 3 rings (SSSR count). The second-order valence-corrected chi connectivity index (χ2v) is 5.86. The van der Waals surface area contributed by atoms with Crippen LogP contribution in [0.1, 0.15) is 44.7 Å². The summed E-state index contributed by atoms with van der Waals surface area (Å²) in [6.45, 7) is 3.14. The smallest absolute Gasteiger partial charge is 0.0890 e. The molecular weight excluding hydrogens is 246 g/mol. The molecule has 1 aromatic heterocycles. The summed E-state index contributed by atoms with van der Waals surface area (Å²) in [5, 5.41) is 3.64. The van der Waals surface area contributed by atoms with E-state index in [1.807, 2.05) is 30.5 Å². The molecule has 0 saturated heterocycles. The largest absolute Gasteiger partial charge is 0.308 e. The van der Waals surface area contributed by atoms with Crippen LogP contribution in [0.15, 0.2) is 30.5 Å². The summed E-state index contributed by atoms with van der Waals surface area (Å²) in [6, 6.07) is 8.71. The maximum atomic E-state index is 4.67. The Labute approximate surface area is 120 Å². The van der Waals surface area contributed by atoms with E-state index in [-0.39, 0.29) is 0 Å². The fourth-order valence-corrected chi connectivity index (χ4v) is 3.10. The lowest BCUT2D eigenvalue weighted by Gasteiger charge is -2.28. The first kappa shape index (κ1) is 13.5. The summed E-state index contributed by atoms with van der Waals surface area (Å²) in [5.41, 5.74) is 3.00. The van der Waals surface area contributed by atoms with Crippen molar-refractivity contribution < 1.29 is 0 Å². The van der Waals surface area contributed by atoms with Crippen molar-refractivity contribution in [3.63, 3.8) is 0 Å². The van der Waals surface area contributed by atoms with E-state index in [0.29, 0.717) is 6.04 Å². The second kappa shape index (κ2) is 6.31. The molecule has 0 bridgehead atoms. The van der Waals surface area contributed by atoms with Gasteiger partial charge in [-0.2, -0.15) is 0 Å². The van der Waals surface area contributed by atoms with Crippen LogP contribution in [0.25, 0.3) is 11.0 Å². The summed E-state index contributed by atoms with van der Waals surface area (Å²) in [5.74, 6) is 0.952. The van der Waals surface area contributed by atoms with Crippen molar-refractivity contribution in [3.8, 4) is 0 Å². The number of nitrogens with one attached hydrogen (secondary N) is 1. The third-order valence-corrected chi connectivity index (χ3v) is 4.49. The molecule has 2 aromatic rings. The predicted octanol–water partition coefficient (Wildman–Crippen LogP) is 3.69. The number of hydrogen-bond acceptors (Lipinski definition) is 3. The van der Waals surface area contributed by atoms with E-state index in [1.54, 1.807) is 0 Å². The Bertz CT molecular complexity index is 559. The van der Waals surface area contributed by atoms with Gasteiger partial charge >= 0.3 is 0 Å². The molecule has 1 N–H and O–H groups in total. The monoisotopic (exact) mass is 269 g/mol. The molecule has 0 aliphatic heterocycles. The normalized spacial score (nSPS) is 23.1. The van der Waals surface area contributed by atoms with Gasteiger partial charge in [0.25, 0.3) is 0 Å². The maximum absolute atomic E-state index is 4.67. The molecule has 0 unspecified atom stereocenters. The van der Waals surface area contributed by atoms with Crippen molar-refractivity contribution in [1.82, 2.24) is 15.3 Å². The van der Waals surface area contributed by atoms with Crippen LogP contribution < -0.4 is 5.32 Å². The average molecular weight is 269 g/mol. The SMILES string of the molecule is CCC1CCC(NCc2cnc3ccccc3n2)CC1. The second-order valence-electron chi connectivity index (χ2n) is 5.86. The third kappa shape index (κ3) is 3.15. The molecule has 106 valence electrons. The Kier molecular flexibility index (Phi) is 4.26. The van der Waals surface area contributed by atoms with Gasteiger partial charge in [-0.15, -0.1) is 0 Å². The van der Waals surface area contributed by atoms with Crippen LogP contribution in [-0.2, 0) is 6.54 Å². The minimum Gasteiger partial charge on any atom is -0.308 e. The van der Waals surface area contributed by atoms with Crippen LogP contribution >= 0.6 is 0 Å². The molecule has 0 atom stereocenters. The van der Waals surface area contributed by atoms with Gasteiger partial charge in [0.05, 0.1) is 22.9 Å². The Morgan fingerprint density at radius 3 is 2.60 bits per heavy atom. The molecule has 0 spiro atoms. The minimum atomic E-state index is 0.658. The highest BCUT2D eigenvalue weighted by molar-refractivity contribution is 5.73. The highest BCUT2D eigenvalue weighted by Gasteiger charge is 2.19. The van der Waals surface area contributed by atoms with Crippen molar-refractivity contribution in [1.29, 1.82) is 0 Å². The summed E-state index contributed by atoms with van der Waals surface area (Å²) < 4.78 is 0. The summed E-state index contributed by atoms with van der Waals surface area (Å²) in [7, 11) is 0. The van der Waals surface area contributed by atoms with E-state index in [9.17, 15) is 0 Å². The van der Waals surface area contributed by atoms with Crippen molar-refractivity contribution in [2.45, 2.75) is 51.6 Å². The zero-order valence-corrected chi connectivity index (χ0v) is 12.2. The van der Waals surface area contributed by atoms with E-state index in [1.165, 1.54) is 32.1 Å². The van der Waals surface area contributed by atoms with Crippen LogP contribution in [-0.4, -0.2) is 16.0 Å². The Morgan fingerprint density at radius 2 is 1.85 bits per heavy atom. The number of nitrogens with zero attached hydrogens (tertiary/aromatic N) is 2. The fourth-order valence-electron chi connectivity index (χ4n) is 3.10. The van der Waals surface area contributed by atoms with Gasteiger partial charge in [-0.3, -0.25) is 4.98 Å². The molecule has 1 aromatic carbocycles. The molecule has 3 nitrogen and oxygen atoms in total. The van der Waals surface area contributed by atoms with Crippen LogP contribution in [0.2, 0.25) is 0 Å². The topological polar surface area (TPSA) is 37.8 Å². The highest BCUT2D eigenvalue weighted by atomic mass is 14.9. The number of benzene rings is 1. The van der Waals surface area contributed by atoms with Gasteiger partial charge < -0.3 is 5.32 Å². The minimum absolute atomic E-state index is 0.658. The van der Waals surface area contributed by atoms with Crippen LogP contribution in [0, 0.1) is 5.92 Å². The van der Waals surface area contributed by atoms with Crippen molar-refractivity contribution in [2.24, 2.45) is 5.92 Å². The van der Waals surface area contributed by atoms with Gasteiger partial charge in [-0.1, -0.05) is 25.5 Å². The summed E-state index contributed by atoms with van der Waals surface area (Å²) in [6.07, 6.45) is 8.59.